The maximum atomic E-state index is 5.59. The molecular weight excluding hydrogens is 176 g/mol. The Balaban J connectivity index is 1.97. The molecule has 2 N–H and O–H groups in total. The predicted molar refractivity (Wildman–Crippen MR) is 59.6 cm³/mol. The minimum atomic E-state index is 0.365. The van der Waals surface area contributed by atoms with Gasteiger partial charge in [-0.15, -0.1) is 0 Å². The van der Waals surface area contributed by atoms with Gasteiger partial charge in [0.15, 0.2) is 0 Å². The molecule has 0 radical (unpaired) electrons. The minimum absolute atomic E-state index is 0.365. The Kier molecular flexibility index (Phi) is 4.85. The van der Waals surface area contributed by atoms with Crippen molar-refractivity contribution in [2.75, 3.05) is 32.8 Å². The highest BCUT2D eigenvalue weighted by Gasteiger charge is 2.13. The van der Waals surface area contributed by atoms with E-state index in [0.717, 1.165) is 32.8 Å². The van der Waals surface area contributed by atoms with Crippen LogP contribution in [0.5, 0.6) is 0 Å². The van der Waals surface area contributed by atoms with Crippen LogP contribution in [0.1, 0.15) is 27.2 Å². The molecule has 0 spiro atoms. The van der Waals surface area contributed by atoms with Gasteiger partial charge in [0.05, 0.1) is 12.7 Å². The lowest BCUT2D eigenvalue weighted by molar-refractivity contribution is 0.0290. The van der Waals surface area contributed by atoms with Gasteiger partial charge in [0.25, 0.3) is 0 Å². The molecule has 84 valence electrons. The molecule has 3 nitrogen and oxygen atoms in total. The molecule has 0 aromatic rings. The first-order valence-electron chi connectivity index (χ1n) is 5.61. The SMILES string of the molecule is CC(C)(C)CCNCC1CNCCO1. The summed E-state index contributed by atoms with van der Waals surface area (Å²) in [6.45, 7) is 11.7. The zero-order valence-corrected chi connectivity index (χ0v) is 9.73. The maximum Gasteiger partial charge on any atom is 0.0824 e. The molecule has 3 heteroatoms. The highest BCUT2D eigenvalue weighted by molar-refractivity contribution is 4.70. The Hall–Kier alpha value is -0.120. The van der Waals surface area contributed by atoms with E-state index in [4.69, 9.17) is 4.74 Å². The molecule has 1 saturated heterocycles. The molecule has 14 heavy (non-hydrogen) atoms. The topological polar surface area (TPSA) is 33.3 Å². The molecule has 0 amide bonds. The van der Waals surface area contributed by atoms with Gasteiger partial charge in [-0.1, -0.05) is 20.8 Å². The molecule has 1 heterocycles. The van der Waals surface area contributed by atoms with Gasteiger partial charge in [0.2, 0.25) is 0 Å². The summed E-state index contributed by atoms with van der Waals surface area (Å²) in [6, 6.07) is 0. The van der Waals surface area contributed by atoms with Crippen molar-refractivity contribution in [1.82, 2.24) is 10.6 Å². The first kappa shape index (κ1) is 12.0. The van der Waals surface area contributed by atoms with Crippen LogP contribution < -0.4 is 10.6 Å². The number of ether oxygens (including phenoxy) is 1. The van der Waals surface area contributed by atoms with Gasteiger partial charge in [-0.05, 0) is 18.4 Å². The van der Waals surface area contributed by atoms with Gasteiger partial charge in [-0.25, -0.2) is 0 Å². The summed E-state index contributed by atoms with van der Waals surface area (Å²) in [5.74, 6) is 0. The van der Waals surface area contributed by atoms with E-state index >= 15 is 0 Å². The lowest BCUT2D eigenvalue weighted by Crippen LogP contribution is -2.44. The average Bonchev–Trinajstić information content (AvgIpc) is 2.13. The zero-order chi connectivity index (χ0) is 10.4. The standard InChI is InChI=1S/C11H24N2O/c1-11(2,3)4-5-12-8-10-9-13-6-7-14-10/h10,12-13H,4-9H2,1-3H3. The fourth-order valence-electron chi connectivity index (χ4n) is 1.48. The molecule has 1 rings (SSSR count). The first-order chi connectivity index (χ1) is 6.58. The van der Waals surface area contributed by atoms with E-state index in [9.17, 15) is 0 Å². The average molecular weight is 200 g/mol. The van der Waals surface area contributed by atoms with Gasteiger partial charge in [0.1, 0.15) is 0 Å². The molecule has 0 aromatic heterocycles. The summed E-state index contributed by atoms with van der Waals surface area (Å²) < 4.78 is 5.59. The van der Waals surface area contributed by atoms with Gasteiger partial charge < -0.3 is 15.4 Å². The van der Waals surface area contributed by atoms with E-state index in [2.05, 4.69) is 31.4 Å². The van der Waals surface area contributed by atoms with Crippen LogP contribution in [-0.4, -0.2) is 38.9 Å². The van der Waals surface area contributed by atoms with E-state index in [-0.39, 0.29) is 0 Å². The molecule has 0 bridgehead atoms. The Labute approximate surface area is 87.6 Å². The molecule has 1 aliphatic heterocycles. The Morgan fingerprint density at radius 1 is 1.43 bits per heavy atom. The Morgan fingerprint density at radius 3 is 2.79 bits per heavy atom. The van der Waals surface area contributed by atoms with Crippen LogP contribution in [0.15, 0.2) is 0 Å². The summed E-state index contributed by atoms with van der Waals surface area (Å²) >= 11 is 0. The maximum absolute atomic E-state index is 5.59. The van der Waals surface area contributed by atoms with Crippen molar-refractivity contribution in [1.29, 1.82) is 0 Å². The molecule has 1 atom stereocenters. The zero-order valence-electron chi connectivity index (χ0n) is 9.73. The summed E-state index contributed by atoms with van der Waals surface area (Å²) in [6.07, 6.45) is 1.58. The van der Waals surface area contributed by atoms with E-state index in [1.807, 2.05) is 0 Å². The molecule has 1 fully saturated rings. The van der Waals surface area contributed by atoms with Crippen molar-refractivity contribution in [3.63, 3.8) is 0 Å². The number of nitrogens with one attached hydrogen (secondary N) is 2. The smallest absolute Gasteiger partial charge is 0.0824 e. The summed E-state index contributed by atoms with van der Waals surface area (Å²) in [5.41, 5.74) is 0.429. The van der Waals surface area contributed by atoms with E-state index in [0.29, 0.717) is 11.5 Å². The first-order valence-corrected chi connectivity index (χ1v) is 5.61. The van der Waals surface area contributed by atoms with Crippen LogP contribution in [0.4, 0.5) is 0 Å². The van der Waals surface area contributed by atoms with Crippen LogP contribution in [0.25, 0.3) is 0 Å². The van der Waals surface area contributed by atoms with Gasteiger partial charge in [-0.3, -0.25) is 0 Å². The summed E-state index contributed by atoms with van der Waals surface area (Å²) in [7, 11) is 0. The third-order valence-corrected chi connectivity index (χ3v) is 2.43. The minimum Gasteiger partial charge on any atom is -0.374 e. The van der Waals surface area contributed by atoms with Crippen LogP contribution in [0.3, 0.4) is 0 Å². The van der Waals surface area contributed by atoms with Crippen molar-refractivity contribution >= 4 is 0 Å². The number of morpholine rings is 1. The third kappa shape index (κ3) is 5.58. The monoisotopic (exact) mass is 200 g/mol. The van der Waals surface area contributed by atoms with E-state index < -0.39 is 0 Å². The van der Waals surface area contributed by atoms with Gasteiger partial charge >= 0.3 is 0 Å². The summed E-state index contributed by atoms with van der Waals surface area (Å²) in [4.78, 5) is 0. The largest absolute Gasteiger partial charge is 0.374 e. The quantitative estimate of drug-likeness (QED) is 0.664. The second-order valence-electron chi connectivity index (χ2n) is 5.21. The molecule has 0 aliphatic carbocycles. The van der Waals surface area contributed by atoms with Crippen molar-refractivity contribution in [2.45, 2.75) is 33.3 Å². The van der Waals surface area contributed by atoms with Crippen molar-refractivity contribution in [2.24, 2.45) is 5.41 Å². The molecule has 0 aromatic carbocycles. The Morgan fingerprint density at radius 2 is 2.21 bits per heavy atom. The second kappa shape index (κ2) is 5.69. The molecular formula is C11H24N2O. The van der Waals surface area contributed by atoms with Crippen molar-refractivity contribution in [3.05, 3.63) is 0 Å². The van der Waals surface area contributed by atoms with Crippen LogP contribution in [-0.2, 0) is 4.74 Å². The normalized spacial score (nSPS) is 23.8. The number of rotatable bonds is 4. The number of hydrogen-bond donors (Lipinski definition) is 2. The lowest BCUT2D eigenvalue weighted by atomic mass is 9.92. The van der Waals surface area contributed by atoms with Crippen LogP contribution in [0.2, 0.25) is 0 Å². The molecule has 0 saturated carbocycles. The lowest BCUT2D eigenvalue weighted by Gasteiger charge is -2.25. The summed E-state index contributed by atoms with van der Waals surface area (Å²) in [5, 5.41) is 6.77. The highest BCUT2D eigenvalue weighted by Crippen LogP contribution is 2.16. The molecule has 1 unspecified atom stereocenters. The third-order valence-electron chi connectivity index (χ3n) is 2.43. The van der Waals surface area contributed by atoms with Gasteiger partial charge in [0, 0.05) is 19.6 Å². The fraction of sp³-hybridized carbons (Fsp3) is 1.00. The highest BCUT2D eigenvalue weighted by atomic mass is 16.5. The number of hydrogen-bond acceptors (Lipinski definition) is 3. The van der Waals surface area contributed by atoms with E-state index in [1.165, 1.54) is 6.42 Å². The Bertz CT molecular complexity index is 148. The van der Waals surface area contributed by atoms with Crippen molar-refractivity contribution < 1.29 is 4.74 Å². The van der Waals surface area contributed by atoms with Crippen molar-refractivity contribution in [3.8, 4) is 0 Å². The molecule has 1 aliphatic rings. The second-order valence-corrected chi connectivity index (χ2v) is 5.21. The fourth-order valence-corrected chi connectivity index (χ4v) is 1.48. The van der Waals surface area contributed by atoms with Crippen LogP contribution in [0, 0.1) is 5.41 Å². The van der Waals surface area contributed by atoms with Gasteiger partial charge in [-0.2, -0.15) is 0 Å². The van der Waals surface area contributed by atoms with E-state index in [1.54, 1.807) is 0 Å². The predicted octanol–water partition coefficient (Wildman–Crippen LogP) is 1.00. The van der Waals surface area contributed by atoms with Crippen LogP contribution >= 0.6 is 0 Å².